The van der Waals surface area contributed by atoms with Gasteiger partial charge in [0.2, 0.25) is 0 Å². The van der Waals surface area contributed by atoms with Crippen molar-refractivity contribution in [2.45, 2.75) is 57.2 Å². The number of rotatable bonds is 5. The minimum atomic E-state index is -0.935. The molecule has 0 aliphatic carbocycles. The summed E-state index contributed by atoms with van der Waals surface area (Å²) in [6.45, 7) is 7.87. The van der Waals surface area contributed by atoms with Crippen LogP contribution in [0.4, 0.5) is 0 Å². The number of methoxy groups -OCH3 is 2. The fourth-order valence-corrected chi connectivity index (χ4v) is 2.85. The topological polar surface area (TPSA) is 64.8 Å². The Kier molecular flexibility index (Phi) is 5.35. The number of nitrogens with zero attached hydrogens (tertiary/aromatic N) is 1. The second kappa shape index (κ2) is 6.20. The third kappa shape index (κ3) is 4.16. The van der Waals surface area contributed by atoms with Crippen molar-refractivity contribution in [3.8, 4) is 0 Å². The number of carbonyl (C=O) groups excluding carboxylic acids is 1. The maximum Gasteiger partial charge on any atom is 0.325 e. The number of nitrogens with two attached hydrogens (primary N) is 1. The van der Waals surface area contributed by atoms with E-state index in [0.29, 0.717) is 6.42 Å². The van der Waals surface area contributed by atoms with Crippen LogP contribution in [-0.4, -0.2) is 55.4 Å². The molecule has 1 aliphatic heterocycles. The number of hydrogen-bond acceptors (Lipinski definition) is 5. The minimum absolute atomic E-state index is 0.0945. The summed E-state index contributed by atoms with van der Waals surface area (Å²) in [6.07, 6.45) is 2.76. The van der Waals surface area contributed by atoms with E-state index >= 15 is 0 Å². The molecule has 0 aromatic rings. The van der Waals surface area contributed by atoms with Gasteiger partial charge in [0.15, 0.2) is 0 Å². The van der Waals surface area contributed by atoms with E-state index in [0.717, 1.165) is 25.9 Å². The molecule has 1 aliphatic rings. The van der Waals surface area contributed by atoms with Gasteiger partial charge in [0.25, 0.3) is 0 Å². The van der Waals surface area contributed by atoms with E-state index in [1.165, 1.54) is 7.11 Å². The molecule has 5 heteroatoms. The van der Waals surface area contributed by atoms with Gasteiger partial charge in [0.1, 0.15) is 5.54 Å². The molecular weight excluding hydrogens is 244 g/mol. The van der Waals surface area contributed by atoms with Gasteiger partial charge < -0.3 is 15.2 Å². The highest BCUT2D eigenvalue weighted by Crippen LogP contribution is 2.27. The van der Waals surface area contributed by atoms with E-state index in [1.54, 1.807) is 14.0 Å². The molecule has 1 rings (SSSR count). The summed E-state index contributed by atoms with van der Waals surface area (Å²) in [6, 6.07) is 0.226. The van der Waals surface area contributed by atoms with Gasteiger partial charge in [-0.05, 0) is 46.6 Å². The summed E-state index contributed by atoms with van der Waals surface area (Å²) < 4.78 is 10.4. The van der Waals surface area contributed by atoms with Gasteiger partial charge in [-0.2, -0.15) is 0 Å². The summed E-state index contributed by atoms with van der Waals surface area (Å²) in [5.74, 6) is -0.356. The molecular formula is C14H28N2O3. The lowest BCUT2D eigenvalue weighted by Gasteiger charge is -2.43. The molecule has 2 N–H and O–H groups in total. The number of carbonyl (C=O) groups is 1. The fraction of sp³-hybridized carbons (Fsp3) is 0.929. The van der Waals surface area contributed by atoms with E-state index in [1.807, 2.05) is 0 Å². The molecule has 0 amide bonds. The third-order valence-corrected chi connectivity index (χ3v) is 4.18. The zero-order valence-corrected chi connectivity index (χ0v) is 12.9. The molecule has 3 unspecified atom stereocenters. The molecule has 1 fully saturated rings. The predicted molar refractivity (Wildman–Crippen MR) is 74.9 cm³/mol. The Morgan fingerprint density at radius 3 is 2.68 bits per heavy atom. The van der Waals surface area contributed by atoms with Crippen molar-refractivity contribution >= 4 is 5.97 Å². The van der Waals surface area contributed by atoms with Crippen molar-refractivity contribution in [2.24, 2.45) is 5.73 Å². The van der Waals surface area contributed by atoms with Crippen LogP contribution in [0.15, 0.2) is 0 Å². The lowest BCUT2D eigenvalue weighted by molar-refractivity contribution is -0.147. The number of likely N-dealkylation sites (tertiary alicyclic amines) is 1. The van der Waals surface area contributed by atoms with Crippen LogP contribution in [0.25, 0.3) is 0 Å². The van der Waals surface area contributed by atoms with Crippen molar-refractivity contribution in [1.29, 1.82) is 0 Å². The molecule has 1 saturated heterocycles. The van der Waals surface area contributed by atoms with Crippen LogP contribution in [0.5, 0.6) is 0 Å². The second-order valence-corrected chi connectivity index (χ2v) is 6.19. The van der Waals surface area contributed by atoms with Crippen LogP contribution in [-0.2, 0) is 14.3 Å². The zero-order valence-electron chi connectivity index (χ0n) is 12.9. The second-order valence-electron chi connectivity index (χ2n) is 6.19. The summed E-state index contributed by atoms with van der Waals surface area (Å²) >= 11 is 0. The van der Waals surface area contributed by atoms with Crippen LogP contribution in [0.2, 0.25) is 0 Å². The monoisotopic (exact) mass is 272 g/mol. The molecule has 0 saturated carbocycles. The highest BCUT2D eigenvalue weighted by Gasteiger charge is 2.37. The highest BCUT2D eigenvalue weighted by molar-refractivity contribution is 5.79. The maximum absolute atomic E-state index is 11.6. The summed E-state index contributed by atoms with van der Waals surface area (Å²) in [5, 5.41) is 0. The number of hydrogen-bond donors (Lipinski definition) is 1. The van der Waals surface area contributed by atoms with Crippen molar-refractivity contribution in [2.75, 3.05) is 27.3 Å². The molecule has 112 valence electrons. The van der Waals surface area contributed by atoms with Gasteiger partial charge in [0.05, 0.1) is 12.7 Å². The molecule has 0 radical (unpaired) electrons. The molecule has 19 heavy (non-hydrogen) atoms. The van der Waals surface area contributed by atoms with E-state index in [-0.39, 0.29) is 17.6 Å². The molecule has 1 heterocycles. The van der Waals surface area contributed by atoms with Gasteiger partial charge in [-0.3, -0.25) is 9.69 Å². The predicted octanol–water partition coefficient (Wildman–Crippen LogP) is 1.16. The SMILES string of the molecule is COC(=O)C(C)(N)CC(C)N1CCCC(C)(OC)C1. The van der Waals surface area contributed by atoms with E-state index in [9.17, 15) is 4.79 Å². The highest BCUT2D eigenvalue weighted by atomic mass is 16.5. The van der Waals surface area contributed by atoms with Crippen molar-refractivity contribution < 1.29 is 14.3 Å². The lowest BCUT2D eigenvalue weighted by atomic mass is 9.89. The van der Waals surface area contributed by atoms with Crippen molar-refractivity contribution in [1.82, 2.24) is 4.90 Å². The van der Waals surface area contributed by atoms with Gasteiger partial charge in [-0.1, -0.05) is 0 Å². The Bertz CT molecular complexity index is 320. The quantitative estimate of drug-likeness (QED) is 0.761. The first-order chi connectivity index (χ1) is 8.74. The summed E-state index contributed by atoms with van der Waals surface area (Å²) in [5.41, 5.74) is 5.02. The van der Waals surface area contributed by atoms with Gasteiger partial charge in [-0.25, -0.2) is 0 Å². The molecule has 3 atom stereocenters. The van der Waals surface area contributed by atoms with E-state index < -0.39 is 5.54 Å². The average molecular weight is 272 g/mol. The van der Waals surface area contributed by atoms with Gasteiger partial charge in [0, 0.05) is 19.7 Å². The first-order valence-corrected chi connectivity index (χ1v) is 6.90. The smallest absolute Gasteiger partial charge is 0.325 e. The normalized spacial score (nSPS) is 29.6. The molecule has 0 aromatic carbocycles. The first kappa shape index (κ1) is 16.4. The van der Waals surface area contributed by atoms with E-state index in [4.69, 9.17) is 15.2 Å². The standard InChI is InChI=1S/C14H28N2O3/c1-11(9-14(3,15)12(17)18-4)16-8-6-7-13(2,10-16)19-5/h11H,6-10,15H2,1-5H3. The van der Waals surface area contributed by atoms with Gasteiger partial charge in [-0.15, -0.1) is 0 Å². The molecule has 0 aromatic heterocycles. The van der Waals surface area contributed by atoms with Crippen molar-refractivity contribution in [3.05, 3.63) is 0 Å². The van der Waals surface area contributed by atoms with Gasteiger partial charge >= 0.3 is 5.97 Å². The Morgan fingerprint density at radius 1 is 1.53 bits per heavy atom. The summed E-state index contributed by atoms with van der Waals surface area (Å²) in [7, 11) is 3.14. The van der Waals surface area contributed by atoms with E-state index in [2.05, 4.69) is 18.7 Å². The molecule has 0 bridgehead atoms. The number of ether oxygens (including phenoxy) is 2. The maximum atomic E-state index is 11.6. The first-order valence-electron chi connectivity index (χ1n) is 6.90. The fourth-order valence-electron chi connectivity index (χ4n) is 2.85. The molecule has 0 spiro atoms. The van der Waals surface area contributed by atoms with Crippen LogP contribution in [0, 0.1) is 0 Å². The lowest BCUT2D eigenvalue weighted by Crippen LogP contribution is -2.55. The number of piperidine rings is 1. The summed E-state index contributed by atoms with van der Waals surface area (Å²) in [4.78, 5) is 14.0. The Balaban J connectivity index is 2.63. The Hall–Kier alpha value is -0.650. The third-order valence-electron chi connectivity index (χ3n) is 4.18. The molecule has 5 nitrogen and oxygen atoms in total. The zero-order chi connectivity index (χ0) is 14.7. The van der Waals surface area contributed by atoms with Crippen LogP contribution < -0.4 is 5.73 Å². The average Bonchev–Trinajstić information content (AvgIpc) is 2.37. The van der Waals surface area contributed by atoms with Crippen LogP contribution in [0.1, 0.15) is 40.0 Å². The van der Waals surface area contributed by atoms with Crippen LogP contribution in [0.3, 0.4) is 0 Å². The van der Waals surface area contributed by atoms with Crippen molar-refractivity contribution in [3.63, 3.8) is 0 Å². The Labute approximate surface area is 116 Å². The van der Waals surface area contributed by atoms with Crippen LogP contribution >= 0.6 is 0 Å². The number of esters is 1. The minimum Gasteiger partial charge on any atom is -0.468 e. The Morgan fingerprint density at radius 2 is 2.16 bits per heavy atom. The largest absolute Gasteiger partial charge is 0.468 e.